The molecule has 0 radical (unpaired) electrons. The van der Waals surface area contributed by atoms with Crippen LogP contribution in [0.4, 0.5) is 5.69 Å². The van der Waals surface area contributed by atoms with Gasteiger partial charge in [0, 0.05) is 11.9 Å². The van der Waals surface area contributed by atoms with Crippen LogP contribution in [0.1, 0.15) is 5.69 Å². The van der Waals surface area contributed by atoms with E-state index in [1.807, 2.05) is 73.1 Å². The number of anilines is 1. The highest BCUT2D eigenvalue weighted by molar-refractivity contribution is 5.79. The van der Waals surface area contributed by atoms with Crippen molar-refractivity contribution in [3.8, 4) is 5.69 Å². The molecule has 1 heterocycles. The van der Waals surface area contributed by atoms with E-state index in [-0.39, 0.29) is 0 Å². The summed E-state index contributed by atoms with van der Waals surface area (Å²) in [5, 5.41) is 4.27. The smallest absolute Gasteiger partial charge is 0.0712 e. The monoisotopic (exact) mass is 261 g/mol. The topological polar surface area (TPSA) is 29.3 Å². The van der Waals surface area contributed by atoms with Crippen molar-refractivity contribution in [2.24, 2.45) is 5.10 Å². The third-order valence-corrected chi connectivity index (χ3v) is 2.98. The number of aromatic nitrogens is 1. The molecule has 0 aliphatic carbocycles. The molecule has 0 atom stereocenters. The molecular formula is C17H15N3. The van der Waals surface area contributed by atoms with E-state index in [4.69, 9.17) is 0 Å². The van der Waals surface area contributed by atoms with Crippen LogP contribution < -0.4 is 5.43 Å². The number of rotatable bonds is 4. The van der Waals surface area contributed by atoms with Crippen LogP contribution in [0.15, 0.2) is 84.1 Å². The van der Waals surface area contributed by atoms with Crippen molar-refractivity contribution < 1.29 is 0 Å². The Morgan fingerprint density at radius 3 is 2.25 bits per heavy atom. The summed E-state index contributed by atoms with van der Waals surface area (Å²) < 4.78 is 2.09. The fourth-order valence-electron chi connectivity index (χ4n) is 2.01. The maximum Gasteiger partial charge on any atom is 0.0712 e. The lowest BCUT2D eigenvalue weighted by atomic mass is 10.3. The Bertz CT molecular complexity index is 685. The summed E-state index contributed by atoms with van der Waals surface area (Å²) in [6.07, 6.45) is 3.85. The van der Waals surface area contributed by atoms with E-state index in [1.54, 1.807) is 0 Å². The van der Waals surface area contributed by atoms with Gasteiger partial charge in [-0.25, -0.2) is 0 Å². The molecule has 0 amide bonds. The maximum atomic E-state index is 4.27. The second-order valence-corrected chi connectivity index (χ2v) is 4.37. The maximum absolute atomic E-state index is 4.27. The number of benzene rings is 2. The van der Waals surface area contributed by atoms with E-state index >= 15 is 0 Å². The molecule has 0 saturated carbocycles. The largest absolute Gasteiger partial charge is 0.316 e. The molecule has 0 spiro atoms. The first kappa shape index (κ1) is 12.2. The molecule has 98 valence electrons. The van der Waals surface area contributed by atoms with Crippen LogP contribution >= 0.6 is 0 Å². The third-order valence-electron chi connectivity index (χ3n) is 2.98. The van der Waals surface area contributed by atoms with Gasteiger partial charge in [0.2, 0.25) is 0 Å². The Morgan fingerprint density at radius 1 is 0.800 bits per heavy atom. The van der Waals surface area contributed by atoms with Gasteiger partial charge in [0.15, 0.2) is 0 Å². The van der Waals surface area contributed by atoms with Gasteiger partial charge >= 0.3 is 0 Å². The molecular weight excluding hydrogens is 246 g/mol. The molecule has 2 aromatic carbocycles. The summed E-state index contributed by atoms with van der Waals surface area (Å²) in [6.45, 7) is 0. The zero-order valence-electron chi connectivity index (χ0n) is 11.0. The molecule has 1 aromatic heterocycles. The van der Waals surface area contributed by atoms with E-state index in [0.29, 0.717) is 0 Å². The second-order valence-electron chi connectivity index (χ2n) is 4.37. The van der Waals surface area contributed by atoms with E-state index in [2.05, 4.69) is 27.2 Å². The first-order valence-corrected chi connectivity index (χ1v) is 6.50. The van der Waals surface area contributed by atoms with Crippen molar-refractivity contribution in [1.29, 1.82) is 0 Å². The molecule has 0 aliphatic rings. The van der Waals surface area contributed by atoms with Gasteiger partial charge in [0.1, 0.15) is 0 Å². The zero-order valence-corrected chi connectivity index (χ0v) is 11.0. The first-order valence-electron chi connectivity index (χ1n) is 6.50. The van der Waals surface area contributed by atoms with Crippen LogP contribution in [0.2, 0.25) is 0 Å². The number of nitrogens with one attached hydrogen (secondary N) is 1. The van der Waals surface area contributed by atoms with Crippen molar-refractivity contribution >= 4 is 11.9 Å². The van der Waals surface area contributed by atoms with Gasteiger partial charge in [-0.15, -0.1) is 0 Å². The predicted molar refractivity (Wildman–Crippen MR) is 83.4 cm³/mol. The SMILES string of the molecule is C(=N/Nc1ccccc1)/c1cccn1-c1ccccc1. The zero-order chi connectivity index (χ0) is 13.6. The molecule has 0 aliphatic heterocycles. The summed E-state index contributed by atoms with van der Waals surface area (Å²) in [6, 6.07) is 24.1. The average molecular weight is 261 g/mol. The van der Waals surface area contributed by atoms with Crippen molar-refractivity contribution in [1.82, 2.24) is 4.57 Å². The molecule has 3 nitrogen and oxygen atoms in total. The van der Waals surface area contributed by atoms with Crippen molar-refractivity contribution in [3.63, 3.8) is 0 Å². The van der Waals surface area contributed by atoms with Crippen LogP contribution in [0.3, 0.4) is 0 Å². The average Bonchev–Trinajstić information content (AvgIpc) is 2.98. The number of hydrogen-bond donors (Lipinski definition) is 1. The Labute approximate surface area is 118 Å². The number of hydrazone groups is 1. The minimum atomic E-state index is 0.974. The fraction of sp³-hybridized carbons (Fsp3) is 0. The summed E-state index contributed by atoms with van der Waals surface area (Å²) in [7, 11) is 0. The minimum absolute atomic E-state index is 0.974. The Hall–Kier alpha value is -2.81. The Kier molecular flexibility index (Phi) is 3.60. The molecule has 0 bridgehead atoms. The van der Waals surface area contributed by atoms with Crippen molar-refractivity contribution in [2.75, 3.05) is 5.43 Å². The predicted octanol–water partition coefficient (Wildman–Crippen LogP) is 3.92. The summed E-state index contributed by atoms with van der Waals surface area (Å²) in [5.41, 5.74) is 6.14. The number of nitrogens with zero attached hydrogens (tertiary/aromatic N) is 2. The lowest BCUT2D eigenvalue weighted by Gasteiger charge is -2.05. The number of hydrogen-bond acceptors (Lipinski definition) is 2. The van der Waals surface area contributed by atoms with Gasteiger partial charge in [-0.3, -0.25) is 5.43 Å². The van der Waals surface area contributed by atoms with Crippen LogP contribution in [0, 0.1) is 0 Å². The number of para-hydroxylation sites is 2. The fourth-order valence-corrected chi connectivity index (χ4v) is 2.01. The van der Waals surface area contributed by atoms with Gasteiger partial charge < -0.3 is 4.57 Å². The van der Waals surface area contributed by atoms with Gasteiger partial charge in [-0.05, 0) is 36.4 Å². The summed E-state index contributed by atoms with van der Waals surface area (Å²) in [4.78, 5) is 0. The Balaban J connectivity index is 1.77. The normalized spacial score (nSPS) is 10.8. The minimum Gasteiger partial charge on any atom is -0.316 e. The second kappa shape index (κ2) is 5.89. The Morgan fingerprint density at radius 2 is 1.50 bits per heavy atom. The van der Waals surface area contributed by atoms with Gasteiger partial charge in [0.05, 0.1) is 17.6 Å². The quantitative estimate of drug-likeness (QED) is 0.559. The van der Waals surface area contributed by atoms with E-state index in [0.717, 1.165) is 17.1 Å². The highest BCUT2D eigenvalue weighted by atomic mass is 15.3. The lowest BCUT2D eigenvalue weighted by molar-refractivity contribution is 1.07. The van der Waals surface area contributed by atoms with E-state index < -0.39 is 0 Å². The van der Waals surface area contributed by atoms with Crippen LogP contribution in [-0.4, -0.2) is 10.8 Å². The standard InChI is InChI=1S/C17H15N3/c1-3-8-15(9-4-1)19-18-14-17-12-7-13-20(17)16-10-5-2-6-11-16/h1-14,19H/b18-14-. The molecule has 0 unspecified atom stereocenters. The lowest BCUT2D eigenvalue weighted by Crippen LogP contribution is -1.99. The summed E-state index contributed by atoms with van der Waals surface area (Å²) in [5.74, 6) is 0. The molecule has 0 saturated heterocycles. The van der Waals surface area contributed by atoms with E-state index in [1.165, 1.54) is 0 Å². The molecule has 3 rings (SSSR count). The summed E-state index contributed by atoms with van der Waals surface area (Å²) >= 11 is 0. The molecule has 20 heavy (non-hydrogen) atoms. The molecule has 3 aromatic rings. The first-order chi connectivity index (χ1) is 9.93. The van der Waals surface area contributed by atoms with Gasteiger partial charge in [0.25, 0.3) is 0 Å². The van der Waals surface area contributed by atoms with Crippen LogP contribution in [0.25, 0.3) is 5.69 Å². The van der Waals surface area contributed by atoms with Gasteiger partial charge in [-0.1, -0.05) is 36.4 Å². The molecule has 3 heteroatoms. The highest BCUT2D eigenvalue weighted by Crippen LogP contribution is 2.11. The highest BCUT2D eigenvalue weighted by Gasteiger charge is 1.99. The third kappa shape index (κ3) is 2.78. The van der Waals surface area contributed by atoms with E-state index in [9.17, 15) is 0 Å². The van der Waals surface area contributed by atoms with Crippen LogP contribution in [0.5, 0.6) is 0 Å². The molecule has 0 fully saturated rings. The van der Waals surface area contributed by atoms with Crippen molar-refractivity contribution in [3.05, 3.63) is 84.7 Å². The van der Waals surface area contributed by atoms with Crippen LogP contribution in [-0.2, 0) is 0 Å². The van der Waals surface area contributed by atoms with Gasteiger partial charge in [-0.2, -0.15) is 5.10 Å². The molecule has 1 N–H and O–H groups in total. The van der Waals surface area contributed by atoms with Crippen molar-refractivity contribution in [2.45, 2.75) is 0 Å².